The number of hydrogen-bond donors (Lipinski definition) is 3. The predicted octanol–water partition coefficient (Wildman–Crippen LogP) is 2.42. The van der Waals surface area contributed by atoms with Crippen LogP contribution < -0.4 is 10.6 Å². The molecule has 0 aromatic carbocycles. The van der Waals surface area contributed by atoms with Crippen molar-refractivity contribution in [2.75, 3.05) is 0 Å². The number of rotatable bonds is 7. The predicted molar refractivity (Wildman–Crippen MR) is 89.4 cm³/mol. The summed E-state index contributed by atoms with van der Waals surface area (Å²) in [4.78, 5) is 23.2. The van der Waals surface area contributed by atoms with Crippen molar-refractivity contribution in [1.82, 2.24) is 10.6 Å². The van der Waals surface area contributed by atoms with Crippen molar-refractivity contribution in [2.24, 2.45) is 11.3 Å². The lowest BCUT2D eigenvalue weighted by Gasteiger charge is -2.33. The molecule has 1 atom stereocenters. The molecule has 0 spiro atoms. The van der Waals surface area contributed by atoms with E-state index in [2.05, 4.69) is 31.4 Å². The Kier molecular flexibility index (Phi) is 7.29. The smallest absolute Gasteiger partial charge is 0.326 e. The molecule has 6 heteroatoms. The first-order valence-corrected chi connectivity index (χ1v) is 7.71. The van der Waals surface area contributed by atoms with Crippen LogP contribution in [0.15, 0.2) is 11.8 Å². The number of nitriles is 1. The van der Waals surface area contributed by atoms with Crippen LogP contribution in [-0.4, -0.2) is 28.6 Å². The average molecular weight is 323 g/mol. The maximum Gasteiger partial charge on any atom is 0.326 e. The highest BCUT2D eigenvalue weighted by atomic mass is 16.4. The van der Waals surface area contributed by atoms with E-state index in [9.17, 15) is 9.59 Å². The lowest BCUT2D eigenvalue weighted by atomic mass is 9.82. The molecule has 0 bridgehead atoms. The molecular weight excluding hydrogens is 294 g/mol. The fourth-order valence-electron chi connectivity index (χ4n) is 2.53. The number of carboxylic acid groups (broad SMARTS) is 1. The Labute approximate surface area is 138 Å². The van der Waals surface area contributed by atoms with E-state index < -0.39 is 17.9 Å². The van der Waals surface area contributed by atoms with Gasteiger partial charge in [-0.3, -0.25) is 4.79 Å². The summed E-state index contributed by atoms with van der Waals surface area (Å²) in [6.45, 7) is 13.7. The van der Waals surface area contributed by atoms with Crippen molar-refractivity contribution in [3.05, 3.63) is 11.8 Å². The molecule has 1 unspecified atom stereocenters. The molecular formula is C17H29N3O3. The number of nitrogens with one attached hydrogen (secondary N) is 2. The first kappa shape index (κ1) is 21.0. The summed E-state index contributed by atoms with van der Waals surface area (Å²) in [5, 5.41) is 23.7. The average Bonchev–Trinajstić information content (AvgIpc) is 2.32. The summed E-state index contributed by atoms with van der Waals surface area (Å²) >= 11 is 0. The van der Waals surface area contributed by atoms with Gasteiger partial charge in [-0.2, -0.15) is 5.26 Å². The number of aliphatic carboxylic acids is 1. The van der Waals surface area contributed by atoms with Crippen molar-refractivity contribution in [3.63, 3.8) is 0 Å². The molecule has 0 rings (SSSR count). The minimum Gasteiger partial charge on any atom is -0.480 e. The second-order valence-electron chi connectivity index (χ2n) is 7.97. The highest BCUT2D eigenvalue weighted by molar-refractivity contribution is 5.99. The largest absolute Gasteiger partial charge is 0.480 e. The Hall–Kier alpha value is -2.03. The number of nitrogens with zero attached hydrogens (tertiary/aromatic N) is 1. The molecule has 0 aliphatic rings. The second-order valence-corrected chi connectivity index (χ2v) is 7.97. The first-order valence-electron chi connectivity index (χ1n) is 7.71. The van der Waals surface area contributed by atoms with Gasteiger partial charge in [0.15, 0.2) is 0 Å². The highest BCUT2D eigenvalue weighted by Gasteiger charge is 2.27. The fraction of sp³-hybridized carbons (Fsp3) is 0.706. The highest BCUT2D eigenvalue weighted by Crippen LogP contribution is 2.26. The third-order valence-electron chi connectivity index (χ3n) is 3.16. The molecule has 0 heterocycles. The zero-order chi connectivity index (χ0) is 18.4. The van der Waals surface area contributed by atoms with Gasteiger partial charge in [-0.05, 0) is 31.6 Å². The number of amides is 1. The van der Waals surface area contributed by atoms with E-state index in [1.807, 2.05) is 19.9 Å². The summed E-state index contributed by atoms with van der Waals surface area (Å²) in [5.41, 5.74) is -0.352. The van der Waals surface area contributed by atoms with Crippen LogP contribution in [-0.2, 0) is 9.59 Å². The zero-order valence-electron chi connectivity index (χ0n) is 15.2. The van der Waals surface area contributed by atoms with Gasteiger partial charge in [-0.25, -0.2) is 4.79 Å². The van der Waals surface area contributed by atoms with Crippen molar-refractivity contribution in [2.45, 2.75) is 66.5 Å². The van der Waals surface area contributed by atoms with Gasteiger partial charge in [0.1, 0.15) is 17.7 Å². The van der Waals surface area contributed by atoms with Crippen LogP contribution in [0.5, 0.6) is 0 Å². The molecule has 0 fully saturated rings. The van der Waals surface area contributed by atoms with Gasteiger partial charge < -0.3 is 15.7 Å². The minimum absolute atomic E-state index is 0.0887. The van der Waals surface area contributed by atoms with E-state index in [1.54, 1.807) is 13.8 Å². The molecule has 1 amide bonds. The van der Waals surface area contributed by atoms with Crippen LogP contribution in [0.1, 0.15) is 54.9 Å². The van der Waals surface area contributed by atoms with E-state index in [1.165, 1.54) is 6.20 Å². The van der Waals surface area contributed by atoms with Crippen LogP contribution in [0, 0.1) is 22.7 Å². The molecule has 0 radical (unpaired) electrons. The third-order valence-corrected chi connectivity index (χ3v) is 3.16. The summed E-state index contributed by atoms with van der Waals surface area (Å²) in [5.74, 6) is -2.08. The molecule has 23 heavy (non-hydrogen) atoms. The van der Waals surface area contributed by atoms with Crippen molar-refractivity contribution in [1.29, 1.82) is 5.26 Å². The molecule has 0 saturated carbocycles. The molecule has 0 aliphatic carbocycles. The summed E-state index contributed by atoms with van der Waals surface area (Å²) in [6, 6.07) is 0.788. The summed E-state index contributed by atoms with van der Waals surface area (Å²) in [6.07, 6.45) is 2.20. The number of carbonyl (C=O) groups is 2. The van der Waals surface area contributed by atoms with E-state index in [-0.39, 0.29) is 22.4 Å². The zero-order valence-corrected chi connectivity index (χ0v) is 15.2. The van der Waals surface area contributed by atoms with Crippen LogP contribution in [0.3, 0.4) is 0 Å². The van der Waals surface area contributed by atoms with Gasteiger partial charge in [0, 0.05) is 11.7 Å². The fourth-order valence-corrected chi connectivity index (χ4v) is 2.53. The standard InChI is InChI=1S/C17H29N3O3/c1-11(2)13(15(22)23)20-14(21)12(8-18)9-19-17(6,7)10-16(3,4)5/h9,11,13,19H,10H2,1-7H3,(H,20,21)(H,22,23)/b12-9-. The molecule has 0 aromatic heterocycles. The summed E-state index contributed by atoms with van der Waals surface area (Å²) in [7, 11) is 0. The molecule has 3 N–H and O–H groups in total. The maximum absolute atomic E-state index is 12.1. The van der Waals surface area contributed by atoms with Crippen LogP contribution in [0.4, 0.5) is 0 Å². The van der Waals surface area contributed by atoms with E-state index in [0.29, 0.717) is 0 Å². The molecule has 0 saturated heterocycles. The van der Waals surface area contributed by atoms with Crippen molar-refractivity contribution in [3.8, 4) is 6.07 Å². The third kappa shape index (κ3) is 8.24. The van der Waals surface area contributed by atoms with Crippen LogP contribution in [0.2, 0.25) is 0 Å². The number of carboxylic acids is 1. The van der Waals surface area contributed by atoms with E-state index in [0.717, 1.165) is 6.42 Å². The van der Waals surface area contributed by atoms with E-state index in [4.69, 9.17) is 10.4 Å². The van der Waals surface area contributed by atoms with Gasteiger partial charge in [-0.1, -0.05) is 34.6 Å². The van der Waals surface area contributed by atoms with Crippen molar-refractivity contribution >= 4 is 11.9 Å². The topological polar surface area (TPSA) is 102 Å². The normalized spacial score (nSPS) is 14.1. The van der Waals surface area contributed by atoms with Gasteiger partial charge >= 0.3 is 5.97 Å². The maximum atomic E-state index is 12.1. The number of carbonyl (C=O) groups excluding carboxylic acids is 1. The molecule has 6 nitrogen and oxygen atoms in total. The van der Waals surface area contributed by atoms with Crippen LogP contribution >= 0.6 is 0 Å². The lowest BCUT2D eigenvalue weighted by molar-refractivity contribution is -0.142. The first-order chi connectivity index (χ1) is 10.3. The molecule has 0 aliphatic heterocycles. The SMILES string of the molecule is CC(C)C(NC(=O)/C(C#N)=C\NC(C)(C)CC(C)(C)C)C(=O)O. The second kappa shape index (κ2) is 8.00. The van der Waals surface area contributed by atoms with Gasteiger partial charge in [0.05, 0.1) is 0 Å². The van der Waals surface area contributed by atoms with Gasteiger partial charge in [0.25, 0.3) is 5.91 Å². The minimum atomic E-state index is -1.12. The summed E-state index contributed by atoms with van der Waals surface area (Å²) < 4.78 is 0. The Morgan fingerprint density at radius 2 is 1.74 bits per heavy atom. The number of hydrogen-bond acceptors (Lipinski definition) is 4. The van der Waals surface area contributed by atoms with Crippen molar-refractivity contribution < 1.29 is 14.7 Å². The molecule has 0 aromatic rings. The molecule has 130 valence electrons. The Bertz CT molecular complexity index is 508. The quantitative estimate of drug-likeness (QED) is 0.493. The monoisotopic (exact) mass is 323 g/mol. The van der Waals surface area contributed by atoms with Crippen LogP contribution in [0.25, 0.3) is 0 Å². The van der Waals surface area contributed by atoms with Gasteiger partial charge in [-0.15, -0.1) is 0 Å². The lowest BCUT2D eigenvalue weighted by Crippen LogP contribution is -2.45. The van der Waals surface area contributed by atoms with E-state index >= 15 is 0 Å². The Morgan fingerprint density at radius 3 is 2.09 bits per heavy atom. The Morgan fingerprint density at radius 1 is 1.22 bits per heavy atom. The Balaban J connectivity index is 5.04. The van der Waals surface area contributed by atoms with Gasteiger partial charge in [0.2, 0.25) is 0 Å².